The standard InChI is InChI=1S/C13H16N2O2S/c1-15-12(16)7-11(13(15)17)14-8-9-3-5-10(18-2)6-4-9/h3-6,11,14H,7-8H2,1-2H3. The zero-order valence-electron chi connectivity index (χ0n) is 10.5. The molecule has 0 spiro atoms. The van der Waals surface area contributed by atoms with E-state index in [1.807, 2.05) is 18.4 Å². The van der Waals surface area contributed by atoms with Gasteiger partial charge in [-0.15, -0.1) is 11.8 Å². The minimum Gasteiger partial charge on any atom is -0.301 e. The van der Waals surface area contributed by atoms with Gasteiger partial charge in [-0.25, -0.2) is 0 Å². The van der Waals surface area contributed by atoms with E-state index in [2.05, 4.69) is 17.4 Å². The third-order valence-corrected chi connectivity index (χ3v) is 3.84. The van der Waals surface area contributed by atoms with Crippen LogP contribution in [-0.2, 0) is 16.1 Å². The van der Waals surface area contributed by atoms with Crippen molar-refractivity contribution in [1.82, 2.24) is 10.2 Å². The van der Waals surface area contributed by atoms with E-state index in [1.165, 1.54) is 16.8 Å². The van der Waals surface area contributed by atoms with Crippen LogP contribution in [0, 0.1) is 0 Å². The lowest BCUT2D eigenvalue weighted by Crippen LogP contribution is -2.36. The first-order valence-electron chi connectivity index (χ1n) is 5.78. The van der Waals surface area contributed by atoms with Crippen LogP contribution in [0.2, 0.25) is 0 Å². The van der Waals surface area contributed by atoms with Crippen LogP contribution in [0.25, 0.3) is 0 Å². The van der Waals surface area contributed by atoms with Crippen LogP contribution in [0.1, 0.15) is 12.0 Å². The Morgan fingerprint density at radius 1 is 1.33 bits per heavy atom. The van der Waals surface area contributed by atoms with Crippen LogP contribution in [0.15, 0.2) is 29.2 Å². The molecule has 5 heteroatoms. The van der Waals surface area contributed by atoms with E-state index in [-0.39, 0.29) is 24.3 Å². The van der Waals surface area contributed by atoms with E-state index in [9.17, 15) is 9.59 Å². The van der Waals surface area contributed by atoms with Crippen molar-refractivity contribution in [1.29, 1.82) is 0 Å². The average molecular weight is 264 g/mol. The minimum atomic E-state index is -0.372. The Balaban J connectivity index is 1.91. The van der Waals surface area contributed by atoms with Crippen molar-refractivity contribution < 1.29 is 9.59 Å². The van der Waals surface area contributed by atoms with Gasteiger partial charge in [-0.2, -0.15) is 0 Å². The van der Waals surface area contributed by atoms with Gasteiger partial charge in [0.1, 0.15) is 0 Å². The summed E-state index contributed by atoms with van der Waals surface area (Å²) in [4.78, 5) is 25.4. The lowest BCUT2D eigenvalue weighted by Gasteiger charge is -2.11. The second kappa shape index (κ2) is 5.54. The number of nitrogens with one attached hydrogen (secondary N) is 1. The Labute approximate surface area is 111 Å². The molecule has 1 aliphatic rings. The topological polar surface area (TPSA) is 49.4 Å². The molecule has 1 aromatic carbocycles. The molecule has 0 aromatic heterocycles. The van der Waals surface area contributed by atoms with Gasteiger partial charge < -0.3 is 5.32 Å². The van der Waals surface area contributed by atoms with E-state index in [4.69, 9.17) is 0 Å². The Morgan fingerprint density at radius 2 is 2.00 bits per heavy atom. The summed E-state index contributed by atoms with van der Waals surface area (Å²) < 4.78 is 0. The van der Waals surface area contributed by atoms with Crippen molar-refractivity contribution >= 4 is 23.6 Å². The van der Waals surface area contributed by atoms with Crippen molar-refractivity contribution in [3.05, 3.63) is 29.8 Å². The maximum Gasteiger partial charge on any atom is 0.246 e. The van der Waals surface area contributed by atoms with Crippen molar-refractivity contribution in [3.63, 3.8) is 0 Å². The van der Waals surface area contributed by atoms with Crippen LogP contribution < -0.4 is 5.32 Å². The van der Waals surface area contributed by atoms with Gasteiger partial charge >= 0.3 is 0 Å². The third-order valence-electron chi connectivity index (χ3n) is 3.09. The van der Waals surface area contributed by atoms with Crippen LogP contribution in [0.5, 0.6) is 0 Å². The van der Waals surface area contributed by atoms with Gasteiger partial charge in [-0.1, -0.05) is 12.1 Å². The number of nitrogens with zero attached hydrogens (tertiary/aromatic N) is 1. The first-order valence-corrected chi connectivity index (χ1v) is 7.01. The first kappa shape index (κ1) is 13.1. The number of hydrogen-bond acceptors (Lipinski definition) is 4. The minimum absolute atomic E-state index is 0.116. The normalized spacial score (nSPS) is 19.7. The highest BCUT2D eigenvalue weighted by atomic mass is 32.2. The highest BCUT2D eigenvalue weighted by molar-refractivity contribution is 7.98. The number of likely N-dealkylation sites (tertiary alicyclic amines) is 1. The molecule has 1 atom stereocenters. The number of hydrogen-bond donors (Lipinski definition) is 1. The number of carbonyl (C=O) groups is 2. The molecule has 0 saturated carbocycles. The van der Waals surface area contributed by atoms with Crippen molar-refractivity contribution in [3.8, 4) is 0 Å². The van der Waals surface area contributed by atoms with Gasteiger partial charge in [0.05, 0.1) is 12.5 Å². The van der Waals surface area contributed by atoms with Gasteiger partial charge in [0.15, 0.2) is 0 Å². The summed E-state index contributed by atoms with van der Waals surface area (Å²) in [6.07, 6.45) is 2.30. The molecular formula is C13H16N2O2S. The SMILES string of the molecule is CSc1ccc(CNC2CC(=O)N(C)C2=O)cc1. The predicted molar refractivity (Wildman–Crippen MR) is 71.2 cm³/mol. The van der Waals surface area contributed by atoms with Gasteiger partial charge in [-0.05, 0) is 24.0 Å². The fourth-order valence-corrected chi connectivity index (χ4v) is 2.31. The highest BCUT2D eigenvalue weighted by Crippen LogP contribution is 2.15. The largest absolute Gasteiger partial charge is 0.301 e. The van der Waals surface area contributed by atoms with Crippen molar-refractivity contribution in [2.24, 2.45) is 0 Å². The van der Waals surface area contributed by atoms with Gasteiger partial charge in [-0.3, -0.25) is 14.5 Å². The Bertz CT molecular complexity index is 459. The molecule has 1 aliphatic heterocycles. The average Bonchev–Trinajstić information content (AvgIpc) is 2.64. The smallest absolute Gasteiger partial charge is 0.246 e. The monoisotopic (exact) mass is 264 g/mol. The van der Waals surface area contributed by atoms with Crippen molar-refractivity contribution in [2.45, 2.75) is 23.9 Å². The summed E-state index contributed by atoms with van der Waals surface area (Å²) in [6.45, 7) is 0.603. The summed E-state index contributed by atoms with van der Waals surface area (Å²) in [7, 11) is 1.53. The molecule has 1 aromatic rings. The zero-order chi connectivity index (χ0) is 13.1. The number of thioether (sulfide) groups is 1. The number of benzene rings is 1. The fraction of sp³-hybridized carbons (Fsp3) is 0.385. The third kappa shape index (κ3) is 2.73. The second-order valence-electron chi connectivity index (χ2n) is 4.28. The Hall–Kier alpha value is -1.33. The summed E-state index contributed by atoms with van der Waals surface area (Å²) >= 11 is 1.70. The summed E-state index contributed by atoms with van der Waals surface area (Å²) in [5.74, 6) is -0.254. The van der Waals surface area contributed by atoms with Crippen LogP contribution in [0.4, 0.5) is 0 Å². The molecule has 0 radical (unpaired) electrons. The van der Waals surface area contributed by atoms with Crippen LogP contribution in [-0.4, -0.2) is 36.1 Å². The fourth-order valence-electron chi connectivity index (χ4n) is 1.90. The molecule has 4 nitrogen and oxygen atoms in total. The molecule has 1 fully saturated rings. The van der Waals surface area contributed by atoms with E-state index < -0.39 is 0 Å². The van der Waals surface area contributed by atoms with E-state index >= 15 is 0 Å². The lowest BCUT2D eigenvalue weighted by atomic mass is 10.2. The maximum atomic E-state index is 11.7. The summed E-state index contributed by atoms with van der Waals surface area (Å²) in [6, 6.07) is 7.79. The summed E-state index contributed by atoms with van der Waals surface area (Å²) in [5.41, 5.74) is 1.11. The number of likely N-dealkylation sites (N-methyl/N-ethyl adjacent to an activating group) is 1. The van der Waals surface area contributed by atoms with Crippen LogP contribution >= 0.6 is 11.8 Å². The molecule has 1 heterocycles. The van der Waals surface area contributed by atoms with E-state index in [0.717, 1.165) is 5.56 Å². The molecule has 0 bridgehead atoms. The second-order valence-corrected chi connectivity index (χ2v) is 5.16. The molecule has 1 N–H and O–H groups in total. The first-order chi connectivity index (χ1) is 8.61. The molecule has 2 rings (SSSR count). The molecular weight excluding hydrogens is 248 g/mol. The number of imide groups is 1. The maximum absolute atomic E-state index is 11.7. The quantitative estimate of drug-likeness (QED) is 0.657. The van der Waals surface area contributed by atoms with Crippen LogP contribution in [0.3, 0.4) is 0 Å². The molecule has 2 amide bonds. The van der Waals surface area contributed by atoms with E-state index in [1.54, 1.807) is 11.8 Å². The number of amides is 2. The highest BCUT2D eigenvalue weighted by Gasteiger charge is 2.35. The predicted octanol–water partition coefficient (Wildman–Crippen LogP) is 1.26. The Morgan fingerprint density at radius 3 is 2.50 bits per heavy atom. The molecule has 0 aliphatic carbocycles. The zero-order valence-corrected chi connectivity index (χ0v) is 11.3. The van der Waals surface area contributed by atoms with Gasteiger partial charge in [0, 0.05) is 18.5 Å². The molecule has 18 heavy (non-hydrogen) atoms. The van der Waals surface area contributed by atoms with E-state index in [0.29, 0.717) is 6.54 Å². The van der Waals surface area contributed by atoms with Gasteiger partial charge in [0.25, 0.3) is 0 Å². The van der Waals surface area contributed by atoms with Gasteiger partial charge in [0.2, 0.25) is 11.8 Å². The lowest BCUT2D eigenvalue weighted by molar-refractivity contribution is -0.137. The Kier molecular flexibility index (Phi) is 4.04. The summed E-state index contributed by atoms with van der Waals surface area (Å²) in [5, 5.41) is 3.13. The number of rotatable bonds is 4. The number of carbonyl (C=O) groups excluding carboxylic acids is 2. The molecule has 96 valence electrons. The molecule has 1 unspecified atom stereocenters. The molecule has 1 saturated heterocycles. The van der Waals surface area contributed by atoms with Crippen molar-refractivity contribution in [2.75, 3.05) is 13.3 Å².